The van der Waals surface area contributed by atoms with Gasteiger partial charge in [0.05, 0.1) is 0 Å². The van der Waals surface area contributed by atoms with Gasteiger partial charge in [-0.1, -0.05) is 22.6 Å². The molecule has 0 saturated heterocycles. The van der Waals surface area contributed by atoms with E-state index in [-0.39, 0.29) is 18.2 Å². The van der Waals surface area contributed by atoms with Gasteiger partial charge in [0.1, 0.15) is 0 Å². The molecule has 0 atom stereocenters. The zero-order chi connectivity index (χ0) is 15.9. The Labute approximate surface area is 146 Å². The highest BCUT2D eigenvalue weighted by Gasteiger charge is 2.28. The van der Waals surface area contributed by atoms with Crippen molar-refractivity contribution in [2.75, 3.05) is 0 Å². The summed E-state index contributed by atoms with van der Waals surface area (Å²) in [6, 6.07) is 0.348. The first kappa shape index (κ1) is 18.0. The molecule has 0 aromatic heterocycles. The Morgan fingerprint density at radius 3 is 2.23 bits per heavy atom. The number of alkyl halides is 1. The molecule has 126 valence electrons. The van der Waals surface area contributed by atoms with Crippen molar-refractivity contribution in [2.45, 2.75) is 80.6 Å². The normalized spacial score (nSPS) is 32.4. The molecule has 0 spiro atoms. The molecule has 5 heteroatoms. The van der Waals surface area contributed by atoms with Crippen molar-refractivity contribution in [1.29, 1.82) is 0 Å². The number of carbonyl (C=O) groups is 2. The second-order valence-corrected chi connectivity index (χ2v) is 8.72. The third kappa shape index (κ3) is 6.05. The van der Waals surface area contributed by atoms with E-state index in [1.54, 1.807) is 0 Å². The van der Waals surface area contributed by atoms with Gasteiger partial charge in [-0.15, -0.1) is 0 Å². The maximum Gasteiger partial charge on any atom is 0.303 e. The minimum Gasteiger partial charge on any atom is -0.481 e. The smallest absolute Gasteiger partial charge is 0.303 e. The average molecular weight is 421 g/mol. The highest BCUT2D eigenvalue weighted by atomic mass is 127. The quantitative estimate of drug-likeness (QED) is 0.505. The highest BCUT2D eigenvalue weighted by Crippen LogP contribution is 2.31. The van der Waals surface area contributed by atoms with Crippen LogP contribution in [-0.2, 0) is 9.59 Å². The zero-order valence-electron chi connectivity index (χ0n) is 13.2. The molecule has 2 aliphatic carbocycles. The van der Waals surface area contributed by atoms with E-state index in [1.807, 2.05) is 0 Å². The lowest BCUT2D eigenvalue weighted by Crippen LogP contribution is -2.41. The van der Waals surface area contributed by atoms with Crippen LogP contribution in [0.5, 0.6) is 0 Å². The van der Waals surface area contributed by atoms with Gasteiger partial charge in [-0.05, 0) is 70.1 Å². The second kappa shape index (κ2) is 9.08. The first-order valence-electron chi connectivity index (χ1n) is 8.71. The number of aliphatic carboxylic acids is 1. The molecule has 22 heavy (non-hydrogen) atoms. The average Bonchev–Trinajstić information content (AvgIpc) is 2.49. The second-order valence-electron chi connectivity index (χ2n) is 6.96. The van der Waals surface area contributed by atoms with Gasteiger partial charge in [-0.2, -0.15) is 0 Å². The summed E-state index contributed by atoms with van der Waals surface area (Å²) in [6.45, 7) is 0. The van der Waals surface area contributed by atoms with Crippen LogP contribution in [0.4, 0.5) is 0 Å². The topological polar surface area (TPSA) is 66.4 Å². The molecule has 4 nitrogen and oxygen atoms in total. The minimum atomic E-state index is -0.692. The van der Waals surface area contributed by atoms with E-state index in [0.717, 1.165) is 55.3 Å². The van der Waals surface area contributed by atoms with Gasteiger partial charge < -0.3 is 10.4 Å². The molecule has 1 amide bonds. The number of nitrogens with one attached hydrogen (secondary N) is 1. The maximum absolute atomic E-state index is 12.3. The molecule has 0 radical (unpaired) electrons. The molecule has 2 fully saturated rings. The molecule has 0 unspecified atom stereocenters. The van der Waals surface area contributed by atoms with Gasteiger partial charge in [0, 0.05) is 22.3 Å². The maximum atomic E-state index is 12.3. The summed E-state index contributed by atoms with van der Waals surface area (Å²) in [5, 5.41) is 11.9. The van der Waals surface area contributed by atoms with Crippen LogP contribution in [0, 0.1) is 11.8 Å². The van der Waals surface area contributed by atoms with E-state index in [1.165, 1.54) is 12.8 Å². The molecule has 0 aromatic carbocycles. The third-order valence-electron chi connectivity index (χ3n) is 5.22. The number of carboxylic acids is 1. The zero-order valence-corrected chi connectivity index (χ0v) is 15.4. The standard InChI is InChI=1S/C17H28INO3/c18-14-8-6-13(7-9-14)17(22)19-15-10-4-12(5-11-15)2-1-3-16(20)21/h12-15H,1-11H2,(H,19,22)(H,20,21). The van der Waals surface area contributed by atoms with Crippen LogP contribution >= 0.6 is 22.6 Å². The molecule has 0 aliphatic heterocycles. The lowest BCUT2D eigenvalue weighted by Gasteiger charge is -2.31. The van der Waals surface area contributed by atoms with Gasteiger partial charge in [0.15, 0.2) is 0 Å². The molecule has 0 heterocycles. The van der Waals surface area contributed by atoms with E-state index in [0.29, 0.717) is 12.0 Å². The number of amides is 1. The number of carboxylic acid groups (broad SMARTS) is 1. The van der Waals surface area contributed by atoms with E-state index >= 15 is 0 Å². The molecule has 2 aliphatic rings. The molecule has 0 aromatic rings. The monoisotopic (exact) mass is 421 g/mol. The third-order valence-corrected chi connectivity index (χ3v) is 6.47. The Kier molecular flexibility index (Phi) is 7.44. The summed E-state index contributed by atoms with van der Waals surface area (Å²) in [6.07, 6.45) is 10.9. The van der Waals surface area contributed by atoms with Gasteiger partial charge in [0.25, 0.3) is 0 Å². The van der Waals surface area contributed by atoms with E-state index < -0.39 is 5.97 Å². The van der Waals surface area contributed by atoms with Gasteiger partial charge >= 0.3 is 5.97 Å². The fourth-order valence-corrected chi connectivity index (χ4v) is 4.49. The highest BCUT2D eigenvalue weighted by molar-refractivity contribution is 14.1. The fourth-order valence-electron chi connectivity index (χ4n) is 3.77. The molecule has 0 bridgehead atoms. The van der Waals surface area contributed by atoms with E-state index in [2.05, 4.69) is 27.9 Å². The van der Waals surface area contributed by atoms with Crippen LogP contribution in [0.1, 0.15) is 70.6 Å². The Balaban J connectivity index is 1.62. The first-order chi connectivity index (χ1) is 10.5. The van der Waals surface area contributed by atoms with Crippen LogP contribution in [0.25, 0.3) is 0 Å². The lowest BCUT2D eigenvalue weighted by atomic mass is 9.82. The number of rotatable bonds is 6. The molecular formula is C17H28INO3. The fraction of sp³-hybridized carbons (Fsp3) is 0.882. The van der Waals surface area contributed by atoms with Gasteiger partial charge in [-0.25, -0.2) is 0 Å². The summed E-state index contributed by atoms with van der Waals surface area (Å²) in [5.41, 5.74) is 0. The van der Waals surface area contributed by atoms with Crippen molar-refractivity contribution >= 4 is 34.5 Å². The van der Waals surface area contributed by atoms with Crippen LogP contribution in [-0.4, -0.2) is 26.9 Å². The number of hydrogen-bond acceptors (Lipinski definition) is 2. The Bertz CT molecular complexity index is 372. The largest absolute Gasteiger partial charge is 0.481 e. The van der Waals surface area contributed by atoms with Gasteiger partial charge in [0.2, 0.25) is 5.91 Å². The number of hydrogen-bond donors (Lipinski definition) is 2. The predicted molar refractivity (Wildman–Crippen MR) is 95.1 cm³/mol. The Morgan fingerprint density at radius 2 is 1.64 bits per heavy atom. The van der Waals surface area contributed by atoms with Crippen LogP contribution in [0.2, 0.25) is 0 Å². The lowest BCUT2D eigenvalue weighted by molar-refractivity contribution is -0.137. The summed E-state index contributed by atoms with van der Waals surface area (Å²) in [7, 11) is 0. The predicted octanol–water partition coefficient (Wildman–Crippen LogP) is 3.91. The van der Waals surface area contributed by atoms with E-state index in [4.69, 9.17) is 5.11 Å². The van der Waals surface area contributed by atoms with Crippen LogP contribution < -0.4 is 5.32 Å². The van der Waals surface area contributed by atoms with E-state index in [9.17, 15) is 9.59 Å². The van der Waals surface area contributed by atoms with Crippen molar-refractivity contribution in [1.82, 2.24) is 5.32 Å². The summed E-state index contributed by atoms with van der Waals surface area (Å²) in [4.78, 5) is 22.9. The number of halogens is 1. The SMILES string of the molecule is O=C(O)CCCC1CCC(NC(=O)C2CCC(I)CC2)CC1. The molecule has 2 rings (SSSR count). The van der Waals surface area contributed by atoms with Crippen LogP contribution in [0.15, 0.2) is 0 Å². The van der Waals surface area contributed by atoms with Crippen molar-refractivity contribution in [3.8, 4) is 0 Å². The van der Waals surface area contributed by atoms with Gasteiger partial charge in [-0.3, -0.25) is 9.59 Å². The summed E-state index contributed by atoms with van der Waals surface area (Å²) >= 11 is 2.49. The number of carbonyl (C=O) groups excluding carboxylic acids is 1. The Morgan fingerprint density at radius 1 is 1.00 bits per heavy atom. The molecule has 2 N–H and O–H groups in total. The molecule has 2 saturated carbocycles. The van der Waals surface area contributed by atoms with Crippen molar-refractivity contribution in [3.05, 3.63) is 0 Å². The molecular weight excluding hydrogens is 393 g/mol. The van der Waals surface area contributed by atoms with Crippen molar-refractivity contribution in [2.24, 2.45) is 11.8 Å². The Hall–Kier alpha value is -0.330. The van der Waals surface area contributed by atoms with Crippen LogP contribution in [0.3, 0.4) is 0 Å². The summed E-state index contributed by atoms with van der Waals surface area (Å²) < 4.78 is 0.753. The van der Waals surface area contributed by atoms with Crippen molar-refractivity contribution < 1.29 is 14.7 Å². The van der Waals surface area contributed by atoms with Crippen molar-refractivity contribution in [3.63, 3.8) is 0 Å². The summed E-state index contributed by atoms with van der Waals surface area (Å²) in [5.74, 6) is 0.473. The first-order valence-corrected chi connectivity index (χ1v) is 9.95. The minimum absolute atomic E-state index is 0.235.